The van der Waals surface area contributed by atoms with Crippen molar-refractivity contribution in [2.45, 2.75) is 20.3 Å². The number of halogens is 1. The van der Waals surface area contributed by atoms with Crippen molar-refractivity contribution in [3.05, 3.63) is 40.6 Å². The first kappa shape index (κ1) is 21.3. The van der Waals surface area contributed by atoms with Gasteiger partial charge in [0, 0.05) is 36.8 Å². The van der Waals surface area contributed by atoms with Crippen molar-refractivity contribution >= 4 is 52.9 Å². The molecule has 3 N–H and O–H groups in total. The summed E-state index contributed by atoms with van der Waals surface area (Å²) in [5.41, 5.74) is 0.662. The third kappa shape index (κ3) is 8.25. The molecule has 0 bridgehead atoms. The van der Waals surface area contributed by atoms with E-state index in [4.69, 9.17) is 0 Å². The largest absolute Gasteiger partial charge is 0.357 e. The number of thiazole rings is 1. The van der Waals surface area contributed by atoms with Crippen LogP contribution in [0.15, 0.2) is 35.7 Å². The maximum Gasteiger partial charge on any atom is 0.246 e. The maximum atomic E-state index is 11.9. The van der Waals surface area contributed by atoms with Gasteiger partial charge in [-0.25, -0.2) is 9.98 Å². The summed E-state index contributed by atoms with van der Waals surface area (Å²) in [7, 11) is 0. The molecular weight excluding hydrogens is 451 g/mol. The van der Waals surface area contributed by atoms with Crippen LogP contribution in [-0.2, 0) is 11.2 Å². The SMILES string of the molecule is CCNC(=NCC(=O)Nc1cccnc1)NCCc1ncc(C)s1.I. The molecule has 0 atom stereocenters. The average molecular weight is 474 g/mol. The van der Waals surface area contributed by atoms with Gasteiger partial charge in [-0.3, -0.25) is 9.78 Å². The van der Waals surface area contributed by atoms with Gasteiger partial charge in [-0.1, -0.05) is 0 Å². The van der Waals surface area contributed by atoms with Crippen molar-refractivity contribution < 1.29 is 4.79 Å². The lowest BCUT2D eigenvalue weighted by molar-refractivity contribution is -0.114. The Morgan fingerprint density at radius 2 is 2.16 bits per heavy atom. The average Bonchev–Trinajstić information content (AvgIpc) is 2.99. The van der Waals surface area contributed by atoms with E-state index in [-0.39, 0.29) is 36.4 Å². The van der Waals surface area contributed by atoms with E-state index in [2.05, 4.69) is 30.9 Å². The summed E-state index contributed by atoms with van der Waals surface area (Å²) in [5.74, 6) is 0.433. The number of anilines is 1. The zero-order valence-electron chi connectivity index (χ0n) is 14.3. The Bertz CT molecular complexity index is 676. The fraction of sp³-hybridized carbons (Fsp3) is 0.375. The summed E-state index contributed by atoms with van der Waals surface area (Å²) in [5, 5.41) is 10.2. The summed E-state index contributed by atoms with van der Waals surface area (Å²) in [6.07, 6.45) is 5.96. The number of aryl methyl sites for hydroxylation is 1. The molecule has 0 saturated carbocycles. The zero-order valence-corrected chi connectivity index (χ0v) is 17.4. The topological polar surface area (TPSA) is 91.3 Å². The lowest BCUT2D eigenvalue weighted by Gasteiger charge is -2.10. The van der Waals surface area contributed by atoms with Crippen LogP contribution in [0, 0.1) is 6.92 Å². The molecule has 0 aliphatic carbocycles. The molecule has 25 heavy (non-hydrogen) atoms. The quantitative estimate of drug-likeness (QED) is 0.325. The Labute approximate surface area is 168 Å². The molecule has 136 valence electrons. The highest BCUT2D eigenvalue weighted by molar-refractivity contribution is 14.0. The van der Waals surface area contributed by atoms with Gasteiger partial charge in [-0.15, -0.1) is 35.3 Å². The van der Waals surface area contributed by atoms with Gasteiger partial charge in [-0.2, -0.15) is 0 Å². The summed E-state index contributed by atoms with van der Waals surface area (Å²) >= 11 is 1.69. The summed E-state index contributed by atoms with van der Waals surface area (Å²) < 4.78 is 0. The van der Waals surface area contributed by atoms with Crippen LogP contribution in [0.1, 0.15) is 16.8 Å². The van der Waals surface area contributed by atoms with Crippen LogP contribution in [0.5, 0.6) is 0 Å². The third-order valence-electron chi connectivity index (χ3n) is 2.97. The first-order chi connectivity index (χ1) is 11.7. The van der Waals surface area contributed by atoms with Gasteiger partial charge in [0.25, 0.3) is 0 Å². The van der Waals surface area contributed by atoms with E-state index in [1.807, 2.05) is 20.0 Å². The van der Waals surface area contributed by atoms with E-state index in [1.165, 1.54) is 4.88 Å². The normalized spacial score (nSPS) is 10.7. The third-order valence-corrected chi connectivity index (χ3v) is 3.94. The van der Waals surface area contributed by atoms with Gasteiger partial charge in [0.2, 0.25) is 5.91 Å². The van der Waals surface area contributed by atoms with E-state index in [9.17, 15) is 4.79 Å². The number of rotatable bonds is 7. The second-order valence-electron chi connectivity index (χ2n) is 5.03. The van der Waals surface area contributed by atoms with Crippen LogP contribution in [0.4, 0.5) is 5.69 Å². The van der Waals surface area contributed by atoms with Crippen molar-refractivity contribution in [2.24, 2.45) is 4.99 Å². The number of nitrogens with zero attached hydrogens (tertiary/aromatic N) is 3. The predicted octanol–water partition coefficient (Wildman–Crippen LogP) is 2.20. The molecule has 0 aliphatic heterocycles. The van der Waals surface area contributed by atoms with Gasteiger partial charge in [-0.05, 0) is 26.0 Å². The number of carbonyl (C=O) groups excluding carboxylic acids is 1. The minimum atomic E-state index is -0.184. The number of pyridine rings is 1. The molecule has 0 fully saturated rings. The summed E-state index contributed by atoms with van der Waals surface area (Å²) in [4.78, 5) is 25.7. The molecule has 1 amide bonds. The van der Waals surface area contributed by atoms with Crippen molar-refractivity contribution in [1.29, 1.82) is 0 Å². The minimum absolute atomic E-state index is 0. The van der Waals surface area contributed by atoms with Crippen molar-refractivity contribution in [2.75, 3.05) is 25.0 Å². The minimum Gasteiger partial charge on any atom is -0.357 e. The fourth-order valence-corrected chi connectivity index (χ4v) is 2.72. The lowest BCUT2D eigenvalue weighted by atomic mass is 10.4. The van der Waals surface area contributed by atoms with Crippen LogP contribution in [-0.4, -0.2) is 41.5 Å². The van der Waals surface area contributed by atoms with Gasteiger partial charge in [0.05, 0.1) is 16.9 Å². The fourth-order valence-electron chi connectivity index (χ4n) is 1.93. The maximum absolute atomic E-state index is 11.9. The Kier molecular flexibility index (Phi) is 10.0. The number of aliphatic imine (C=N–C) groups is 1. The van der Waals surface area contributed by atoms with Gasteiger partial charge < -0.3 is 16.0 Å². The van der Waals surface area contributed by atoms with Gasteiger partial charge in [0.1, 0.15) is 6.54 Å². The molecule has 0 spiro atoms. The molecule has 0 saturated heterocycles. The number of aromatic nitrogens is 2. The Hall–Kier alpha value is -1.75. The van der Waals surface area contributed by atoms with Crippen LogP contribution in [0.25, 0.3) is 0 Å². The molecule has 0 aromatic carbocycles. The Morgan fingerprint density at radius 3 is 2.80 bits per heavy atom. The van der Waals surface area contributed by atoms with Crippen molar-refractivity contribution in [3.63, 3.8) is 0 Å². The molecule has 2 aromatic heterocycles. The van der Waals surface area contributed by atoms with Gasteiger partial charge in [0.15, 0.2) is 5.96 Å². The number of nitrogens with one attached hydrogen (secondary N) is 3. The van der Waals surface area contributed by atoms with Crippen LogP contribution in [0.2, 0.25) is 0 Å². The first-order valence-electron chi connectivity index (χ1n) is 7.80. The number of carbonyl (C=O) groups is 1. The number of guanidine groups is 1. The van der Waals surface area contributed by atoms with Crippen molar-refractivity contribution in [3.8, 4) is 0 Å². The number of hydrogen-bond acceptors (Lipinski definition) is 5. The summed E-state index contributed by atoms with van der Waals surface area (Å²) in [6, 6.07) is 3.55. The monoisotopic (exact) mass is 474 g/mol. The molecule has 0 unspecified atom stereocenters. The second-order valence-corrected chi connectivity index (χ2v) is 6.35. The highest BCUT2D eigenvalue weighted by atomic mass is 127. The van der Waals surface area contributed by atoms with E-state index in [0.717, 1.165) is 18.0 Å². The van der Waals surface area contributed by atoms with Gasteiger partial charge >= 0.3 is 0 Å². The lowest BCUT2D eigenvalue weighted by Crippen LogP contribution is -2.39. The molecular formula is C16H23IN6OS. The van der Waals surface area contributed by atoms with Crippen molar-refractivity contribution in [1.82, 2.24) is 20.6 Å². The van der Waals surface area contributed by atoms with E-state index in [0.29, 0.717) is 18.2 Å². The smallest absolute Gasteiger partial charge is 0.246 e. The van der Waals surface area contributed by atoms with E-state index < -0.39 is 0 Å². The highest BCUT2D eigenvalue weighted by Gasteiger charge is 2.04. The molecule has 0 radical (unpaired) electrons. The van der Waals surface area contributed by atoms with Crippen LogP contribution >= 0.6 is 35.3 Å². The second kappa shape index (κ2) is 11.7. The molecule has 9 heteroatoms. The Balaban J connectivity index is 0.00000312. The summed E-state index contributed by atoms with van der Waals surface area (Å²) in [6.45, 7) is 5.51. The van der Waals surface area contributed by atoms with E-state index in [1.54, 1.807) is 35.9 Å². The first-order valence-corrected chi connectivity index (χ1v) is 8.62. The molecule has 7 nitrogen and oxygen atoms in total. The predicted molar refractivity (Wildman–Crippen MR) is 113 cm³/mol. The van der Waals surface area contributed by atoms with Crippen LogP contribution in [0.3, 0.4) is 0 Å². The Morgan fingerprint density at radius 1 is 1.32 bits per heavy atom. The molecule has 2 rings (SSSR count). The number of hydrogen-bond donors (Lipinski definition) is 3. The number of amides is 1. The molecule has 2 heterocycles. The highest BCUT2D eigenvalue weighted by Crippen LogP contribution is 2.10. The standard InChI is InChI=1S/C16H22N6OS.HI/c1-3-18-16(19-8-6-15-20-9-12(2)24-15)21-11-14(23)22-13-5-4-7-17-10-13;/h4-5,7,9-10H,3,6,8,11H2,1-2H3,(H,22,23)(H2,18,19,21);1H. The van der Waals surface area contributed by atoms with E-state index >= 15 is 0 Å². The molecule has 0 aliphatic rings. The zero-order chi connectivity index (χ0) is 17.2. The van der Waals surface area contributed by atoms with Crippen LogP contribution < -0.4 is 16.0 Å². The molecule has 2 aromatic rings.